The first kappa shape index (κ1) is 19.2. The van der Waals surface area contributed by atoms with E-state index in [1.807, 2.05) is 42.6 Å². The minimum Gasteiger partial charge on any atom is -0.497 e. The number of aromatic amines is 1. The number of ether oxygens (including phenoxy) is 1. The Morgan fingerprint density at radius 2 is 1.96 bits per heavy atom. The fraction of sp³-hybridized carbons (Fsp3) is 0.381. The summed E-state index contributed by atoms with van der Waals surface area (Å²) in [5, 5.41) is 10.9. The molecule has 0 saturated heterocycles. The number of aromatic nitrogens is 2. The maximum atomic E-state index is 5.67. The second-order valence-electron chi connectivity index (χ2n) is 6.38. The van der Waals surface area contributed by atoms with Crippen LogP contribution < -0.4 is 10.1 Å². The van der Waals surface area contributed by atoms with Crippen molar-refractivity contribution in [3.05, 3.63) is 60.2 Å². The van der Waals surface area contributed by atoms with Crippen molar-refractivity contribution in [2.24, 2.45) is 0 Å². The highest BCUT2D eigenvalue weighted by molar-refractivity contribution is 5.63. The molecule has 2 N–H and O–H groups in total. The van der Waals surface area contributed by atoms with Crippen molar-refractivity contribution in [1.82, 2.24) is 20.4 Å². The van der Waals surface area contributed by atoms with Crippen LogP contribution in [0.5, 0.6) is 5.75 Å². The normalized spacial score (nSPS) is 12.4. The average molecular weight is 368 g/mol. The van der Waals surface area contributed by atoms with Gasteiger partial charge < -0.3 is 14.5 Å². The van der Waals surface area contributed by atoms with Crippen LogP contribution in [0.4, 0.5) is 0 Å². The molecule has 0 aliphatic rings. The highest BCUT2D eigenvalue weighted by atomic mass is 16.5. The van der Waals surface area contributed by atoms with Crippen LogP contribution >= 0.6 is 0 Å². The molecular weight excluding hydrogens is 340 g/mol. The summed E-state index contributed by atoms with van der Waals surface area (Å²) in [5.74, 6) is 1.84. The van der Waals surface area contributed by atoms with E-state index >= 15 is 0 Å². The lowest BCUT2D eigenvalue weighted by molar-refractivity contribution is 0.188. The molecule has 6 nitrogen and oxygen atoms in total. The maximum absolute atomic E-state index is 5.67. The minimum atomic E-state index is 0.214. The van der Waals surface area contributed by atoms with Crippen molar-refractivity contribution in [3.63, 3.8) is 0 Å². The Balaban J connectivity index is 1.67. The Morgan fingerprint density at radius 3 is 2.59 bits per heavy atom. The third-order valence-electron chi connectivity index (χ3n) is 4.87. The van der Waals surface area contributed by atoms with Crippen molar-refractivity contribution in [2.45, 2.75) is 26.4 Å². The molecule has 1 aromatic carbocycles. The van der Waals surface area contributed by atoms with Gasteiger partial charge in [-0.2, -0.15) is 5.10 Å². The fourth-order valence-electron chi connectivity index (χ4n) is 3.35. The summed E-state index contributed by atoms with van der Waals surface area (Å²) in [6.07, 6.45) is 3.62. The highest BCUT2D eigenvalue weighted by Gasteiger charge is 2.20. The largest absolute Gasteiger partial charge is 0.497 e. The van der Waals surface area contributed by atoms with Crippen LogP contribution in [0.3, 0.4) is 0 Å². The molecule has 0 aliphatic carbocycles. The molecule has 0 radical (unpaired) electrons. The van der Waals surface area contributed by atoms with Crippen LogP contribution in [0.1, 0.15) is 31.2 Å². The zero-order chi connectivity index (χ0) is 19.1. The molecule has 1 unspecified atom stereocenters. The van der Waals surface area contributed by atoms with E-state index in [-0.39, 0.29) is 6.04 Å². The van der Waals surface area contributed by atoms with E-state index in [0.717, 1.165) is 54.5 Å². The number of hydrogen-bond donors (Lipinski definition) is 2. The topological polar surface area (TPSA) is 66.3 Å². The monoisotopic (exact) mass is 368 g/mol. The van der Waals surface area contributed by atoms with Crippen molar-refractivity contribution < 1.29 is 9.15 Å². The minimum absolute atomic E-state index is 0.214. The van der Waals surface area contributed by atoms with Crippen LogP contribution in [0.2, 0.25) is 0 Å². The third kappa shape index (κ3) is 4.59. The molecule has 27 heavy (non-hydrogen) atoms. The molecule has 0 saturated carbocycles. The lowest BCUT2D eigenvalue weighted by Gasteiger charge is -2.28. The quantitative estimate of drug-likeness (QED) is 0.569. The Labute approximate surface area is 160 Å². The number of hydrogen-bond acceptors (Lipinski definition) is 5. The van der Waals surface area contributed by atoms with Crippen LogP contribution in [0.15, 0.2) is 53.3 Å². The predicted molar refractivity (Wildman–Crippen MR) is 107 cm³/mol. The predicted octanol–water partition coefficient (Wildman–Crippen LogP) is 3.85. The molecule has 3 rings (SSSR count). The molecule has 2 aromatic heterocycles. The molecule has 1 atom stereocenters. The first-order chi connectivity index (χ1) is 13.3. The van der Waals surface area contributed by atoms with Gasteiger partial charge in [-0.1, -0.05) is 13.8 Å². The third-order valence-corrected chi connectivity index (χ3v) is 4.87. The summed E-state index contributed by atoms with van der Waals surface area (Å²) < 4.78 is 10.9. The van der Waals surface area contributed by atoms with Gasteiger partial charge in [0.15, 0.2) is 0 Å². The molecule has 0 bridgehead atoms. The van der Waals surface area contributed by atoms with Crippen molar-refractivity contribution in [3.8, 4) is 17.0 Å². The number of rotatable bonds is 10. The fourth-order valence-corrected chi connectivity index (χ4v) is 3.35. The zero-order valence-electron chi connectivity index (χ0n) is 16.2. The van der Waals surface area contributed by atoms with Gasteiger partial charge in [-0.15, -0.1) is 0 Å². The lowest BCUT2D eigenvalue weighted by Crippen LogP contribution is -2.35. The number of furan rings is 1. The van der Waals surface area contributed by atoms with Crippen LogP contribution in [-0.2, 0) is 6.54 Å². The summed E-state index contributed by atoms with van der Waals surface area (Å²) in [4.78, 5) is 2.39. The SMILES string of the molecule is CCN(CC)C(CNCc1cn[nH]c1-c1ccc(OC)cc1)c1ccco1. The molecule has 0 fully saturated rings. The first-order valence-corrected chi connectivity index (χ1v) is 9.41. The maximum Gasteiger partial charge on any atom is 0.122 e. The molecular formula is C21H28N4O2. The van der Waals surface area contributed by atoms with Crippen molar-refractivity contribution >= 4 is 0 Å². The number of likely N-dealkylation sites (N-methyl/N-ethyl adjacent to an activating group) is 1. The van der Waals surface area contributed by atoms with E-state index in [0.29, 0.717) is 0 Å². The summed E-state index contributed by atoms with van der Waals surface area (Å²) in [6.45, 7) is 7.85. The van der Waals surface area contributed by atoms with E-state index in [1.54, 1.807) is 13.4 Å². The van der Waals surface area contributed by atoms with Gasteiger partial charge in [0.1, 0.15) is 11.5 Å². The molecule has 0 spiro atoms. The van der Waals surface area contributed by atoms with Crippen molar-refractivity contribution in [1.29, 1.82) is 0 Å². The molecule has 0 amide bonds. The number of nitrogens with zero attached hydrogens (tertiary/aromatic N) is 2. The van der Waals surface area contributed by atoms with Gasteiger partial charge in [-0.25, -0.2) is 0 Å². The van der Waals surface area contributed by atoms with Gasteiger partial charge in [0.2, 0.25) is 0 Å². The summed E-state index contributed by atoms with van der Waals surface area (Å²) in [7, 11) is 1.67. The molecule has 3 aromatic rings. The first-order valence-electron chi connectivity index (χ1n) is 9.41. The standard InChI is InChI=1S/C21H28N4O2/c1-4-25(5-2)19(20-7-6-12-27-20)15-22-13-17-14-23-24-21(17)16-8-10-18(26-3)11-9-16/h6-12,14,19,22H,4-5,13,15H2,1-3H3,(H,23,24). The summed E-state index contributed by atoms with van der Waals surface area (Å²) >= 11 is 0. The van der Waals surface area contributed by atoms with Crippen LogP contribution in [0.25, 0.3) is 11.3 Å². The Kier molecular flexibility index (Phi) is 6.68. The molecule has 144 valence electrons. The van der Waals surface area contributed by atoms with E-state index in [4.69, 9.17) is 9.15 Å². The second-order valence-corrected chi connectivity index (χ2v) is 6.38. The van der Waals surface area contributed by atoms with E-state index in [2.05, 4.69) is 34.3 Å². The Morgan fingerprint density at radius 1 is 1.19 bits per heavy atom. The molecule has 2 heterocycles. The van der Waals surface area contributed by atoms with Gasteiger partial charge in [-0.05, 0) is 49.5 Å². The summed E-state index contributed by atoms with van der Waals surface area (Å²) in [5.41, 5.74) is 3.26. The van der Waals surface area contributed by atoms with Gasteiger partial charge >= 0.3 is 0 Å². The lowest BCUT2D eigenvalue weighted by atomic mass is 10.1. The highest BCUT2D eigenvalue weighted by Crippen LogP contribution is 2.24. The number of H-pyrrole nitrogens is 1. The van der Waals surface area contributed by atoms with E-state index in [9.17, 15) is 0 Å². The molecule has 0 aliphatic heterocycles. The summed E-state index contributed by atoms with van der Waals surface area (Å²) in [6, 6.07) is 12.2. The van der Waals surface area contributed by atoms with E-state index in [1.165, 1.54) is 0 Å². The van der Waals surface area contributed by atoms with Gasteiger partial charge in [0.05, 0.1) is 31.3 Å². The average Bonchev–Trinajstić information content (AvgIpc) is 3.40. The Bertz CT molecular complexity index is 792. The number of nitrogens with one attached hydrogen (secondary N) is 2. The van der Waals surface area contributed by atoms with Crippen molar-refractivity contribution in [2.75, 3.05) is 26.7 Å². The van der Waals surface area contributed by atoms with E-state index < -0.39 is 0 Å². The smallest absolute Gasteiger partial charge is 0.122 e. The van der Waals surface area contributed by atoms with Gasteiger partial charge in [0, 0.05) is 24.2 Å². The van der Waals surface area contributed by atoms with Crippen LogP contribution in [-0.4, -0.2) is 41.8 Å². The van der Waals surface area contributed by atoms with Crippen LogP contribution in [0, 0.1) is 0 Å². The molecule has 6 heteroatoms. The zero-order valence-corrected chi connectivity index (χ0v) is 16.2. The van der Waals surface area contributed by atoms with Gasteiger partial charge in [0.25, 0.3) is 0 Å². The van der Waals surface area contributed by atoms with Gasteiger partial charge in [-0.3, -0.25) is 10.00 Å². The second kappa shape index (κ2) is 9.39. The number of benzene rings is 1. The number of methoxy groups -OCH3 is 1. The Hall–Kier alpha value is -2.57.